The lowest BCUT2D eigenvalue weighted by atomic mass is 9.80. The Balaban J connectivity index is 2.39. The maximum Gasteiger partial charge on any atom is 0.170 e. The molecular formula is C15H21NO2. The molecule has 18 heavy (non-hydrogen) atoms. The first-order valence-corrected chi connectivity index (χ1v) is 6.39. The van der Waals surface area contributed by atoms with Crippen LogP contribution in [0.25, 0.3) is 0 Å². The standard InChI is InChI=1S/C15H21NO2/c1-10-8-13(18-4)11(2)7-12(10)14(17)15(3)5-6-16-9-15/h7-8,16H,5-6,9H2,1-4H3. The lowest BCUT2D eigenvalue weighted by Crippen LogP contribution is -2.30. The Hall–Kier alpha value is -1.35. The molecule has 0 amide bonds. The topological polar surface area (TPSA) is 38.3 Å². The summed E-state index contributed by atoms with van der Waals surface area (Å²) < 4.78 is 5.29. The Labute approximate surface area is 109 Å². The van der Waals surface area contributed by atoms with Crippen LogP contribution in [0.1, 0.15) is 34.8 Å². The minimum Gasteiger partial charge on any atom is -0.496 e. The molecule has 0 spiro atoms. The maximum absolute atomic E-state index is 12.7. The van der Waals surface area contributed by atoms with Crippen LogP contribution in [0.4, 0.5) is 0 Å². The maximum atomic E-state index is 12.7. The number of carbonyl (C=O) groups excluding carboxylic acids is 1. The number of methoxy groups -OCH3 is 1. The summed E-state index contributed by atoms with van der Waals surface area (Å²) in [6, 6.07) is 3.91. The van der Waals surface area contributed by atoms with Crippen LogP contribution in [0.3, 0.4) is 0 Å². The summed E-state index contributed by atoms with van der Waals surface area (Å²) in [5, 5.41) is 3.27. The first-order valence-electron chi connectivity index (χ1n) is 6.39. The van der Waals surface area contributed by atoms with Crippen LogP contribution in [-0.4, -0.2) is 26.0 Å². The first-order chi connectivity index (χ1) is 8.48. The van der Waals surface area contributed by atoms with Gasteiger partial charge in [0.15, 0.2) is 5.78 Å². The molecule has 0 aliphatic carbocycles. The average molecular weight is 247 g/mol. The van der Waals surface area contributed by atoms with Gasteiger partial charge in [-0.3, -0.25) is 4.79 Å². The van der Waals surface area contributed by atoms with E-state index in [1.54, 1.807) is 7.11 Å². The quantitative estimate of drug-likeness (QED) is 0.834. The number of Topliss-reactive ketones (excluding diaryl/α,β-unsaturated/α-hetero) is 1. The van der Waals surface area contributed by atoms with Gasteiger partial charge in [0.05, 0.1) is 7.11 Å². The highest BCUT2D eigenvalue weighted by molar-refractivity contribution is 6.02. The van der Waals surface area contributed by atoms with Gasteiger partial charge in [0.1, 0.15) is 5.75 Å². The normalized spacial score (nSPS) is 23.1. The largest absolute Gasteiger partial charge is 0.496 e. The van der Waals surface area contributed by atoms with E-state index >= 15 is 0 Å². The van der Waals surface area contributed by atoms with Crippen LogP contribution in [0.2, 0.25) is 0 Å². The Kier molecular flexibility index (Phi) is 3.44. The molecule has 1 saturated heterocycles. The summed E-state index contributed by atoms with van der Waals surface area (Å²) in [6.45, 7) is 7.70. The highest BCUT2D eigenvalue weighted by Crippen LogP contribution is 2.32. The van der Waals surface area contributed by atoms with E-state index in [0.29, 0.717) is 0 Å². The van der Waals surface area contributed by atoms with E-state index in [2.05, 4.69) is 5.32 Å². The monoisotopic (exact) mass is 247 g/mol. The van der Waals surface area contributed by atoms with Crippen molar-refractivity contribution in [3.05, 3.63) is 28.8 Å². The van der Waals surface area contributed by atoms with Crippen LogP contribution < -0.4 is 10.1 Å². The number of carbonyl (C=O) groups is 1. The zero-order valence-corrected chi connectivity index (χ0v) is 11.6. The van der Waals surface area contributed by atoms with Gasteiger partial charge < -0.3 is 10.1 Å². The van der Waals surface area contributed by atoms with Gasteiger partial charge in [0, 0.05) is 17.5 Å². The zero-order chi connectivity index (χ0) is 13.3. The minimum absolute atomic E-state index is 0.246. The van der Waals surface area contributed by atoms with Crippen LogP contribution in [-0.2, 0) is 0 Å². The van der Waals surface area contributed by atoms with Crippen molar-refractivity contribution in [1.82, 2.24) is 5.32 Å². The van der Waals surface area contributed by atoms with E-state index in [1.807, 2.05) is 32.9 Å². The summed E-state index contributed by atoms with van der Waals surface area (Å²) in [5.41, 5.74) is 2.59. The molecular weight excluding hydrogens is 226 g/mol. The van der Waals surface area contributed by atoms with E-state index < -0.39 is 0 Å². The van der Waals surface area contributed by atoms with Gasteiger partial charge in [-0.2, -0.15) is 0 Å². The third kappa shape index (κ3) is 2.15. The van der Waals surface area contributed by atoms with Gasteiger partial charge in [-0.05, 0) is 50.1 Å². The van der Waals surface area contributed by atoms with Crippen molar-refractivity contribution in [2.45, 2.75) is 27.2 Å². The fourth-order valence-corrected chi connectivity index (χ4v) is 2.59. The molecule has 1 atom stereocenters. The number of hydrogen-bond donors (Lipinski definition) is 1. The van der Waals surface area contributed by atoms with E-state index in [0.717, 1.165) is 42.0 Å². The van der Waals surface area contributed by atoms with Crippen LogP contribution in [0.5, 0.6) is 5.75 Å². The molecule has 1 N–H and O–H groups in total. The average Bonchev–Trinajstić information content (AvgIpc) is 2.79. The molecule has 2 rings (SSSR count). The van der Waals surface area contributed by atoms with Crippen LogP contribution in [0.15, 0.2) is 12.1 Å². The lowest BCUT2D eigenvalue weighted by molar-refractivity contribution is 0.0838. The molecule has 0 aromatic heterocycles. The second-order valence-corrected chi connectivity index (χ2v) is 5.45. The molecule has 98 valence electrons. The predicted molar refractivity (Wildman–Crippen MR) is 72.4 cm³/mol. The van der Waals surface area contributed by atoms with E-state index in [4.69, 9.17) is 4.74 Å². The highest BCUT2D eigenvalue weighted by Gasteiger charge is 2.37. The Morgan fingerprint density at radius 3 is 2.61 bits per heavy atom. The van der Waals surface area contributed by atoms with Crippen molar-refractivity contribution < 1.29 is 9.53 Å². The number of benzene rings is 1. The van der Waals surface area contributed by atoms with Crippen molar-refractivity contribution in [1.29, 1.82) is 0 Å². The molecule has 1 fully saturated rings. The van der Waals surface area contributed by atoms with Crippen LogP contribution >= 0.6 is 0 Å². The van der Waals surface area contributed by atoms with Gasteiger partial charge in [0.25, 0.3) is 0 Å². The third-order valence-corrected chi connectivity index (χ3v) is 3.90. The van der Waals surface area contributed by atoms with Crippen molar-refractivity contribution in [2.24, 2.45) is 5.41 Å². The first kappa shape index (κ1) is 13.1. The third-order valence-electron chi connectivity index (χ3n) is 3.90. The summed E-state index contributed by atoms with van der Waals surface area (Å²) >= 11 is 0. The smallest absolute Gasteiger partial charge is 0.170 e. The Bertz CT molecular complexity index is 474. The second-order valence-electron chi connectivity index (χ2n) is 5.45. The fourth-order valence-electron chi connectivity index (χ4n) is 2.59. The van der Waals surface area contributed by atoms with E-state index in [1.165, 1.54) is 0 Å². The molecule has 1 unspecified atom stereocenters. The molecule has 1 aliphatic rings. The molecule has 1 aromatic carbocycles. The second kappa shape index (κ2) is 4.73. The molecule has 1 heterocycles. The number of ketones is 1. The van der Waals surface area contributed by atoms with Gasteiger partial charge in [-0.15, -0.1) is 0 Å². The predicted octanol–water partition coefficient (Wildman–Crippen LogP) is 2.49. The summed E-state index contributed by atoms with van der Waals surface area (Å²) in [5.74, 6) is 1.09. The number of nitrogens with one attached hydrogen (secondary N) is 1. The van der Waals surface area contributed by atoms with E-state index in [-0.39, 0.29) is 11.2 Å². The fraction of sp³-hybridized carbons (Fsp3) is 0.533. The number of hydrogen-bond acceptors (Lipinski definition) is 3. The van der Waals surface area contributed by atoms with Crippen molar-refractivity contribution in [3.8, 4) is 5.75 Å². The number of ether oxygens (including phenoxy) is 1. The van der Waals surface area contributed by atoms with Gasteiger partial charge in [0.2, 0.25) is 0 Å². The molecule has 0 saturated carbocycles. The van der Waals surface area contributed by atoms with Gasteiger partial charge in [-0.1, -0.05) is 6.92 Å². The lowest BCUT2D eigenvalue weighted by Gasteiger charge is -2.22. The van der Waals surface area contributed by atoms with Crippen molar-refractivity contribution in [3.63, 3.8) is 0 Å². The summed E-state index contributed by atoms with van der Waals surface area (Å²) in [6.07, 6.45) is 0.913. The molecule has 0 bridgehead atoms. The minimum atomic E-state index is -0.258. The van der Waals surface area contributed by atoms with Crippen molar-refractivity contribution in [2.75, 3.05) is 20.2 Å². The van der Waals surface area contributed by atoms with E-state index in [9.17, 15) is 4.79 Å². The molecule has 1 aromatic rings. The number of rotatable bonds is 3. The Morgan fingerprint density at radius 1 is 1.33 bits per heavy atom. The molecule has 1 aliphatic heterocycles. The number of aryl methyl sites for hydroxylation is 2. The molecule has 3 heteroatoms. The van der Waals surface area contributed by atoms with Crippen LogP contribution in [0, 0.1) is 19.3 Å². The van der Waals surface area contributed by atoms with Gasteiger partial charge >= 0.3 is 0 Å². The zero-order valence-electron chi connectivity index (χ0n) is 11.6. The Morgan fingerprint density at radius 2 is 2.06 bits per heavy atom. The summed E-state index contributed by atoms with van der Waals surface area (Å²) in [7, 11) is 1.66. The SMILES string of the molecule is COc1cc(C)c(C(=O)C2(C)CCNC2)cc1C. The molecule has 0 radical (unpaired) electrons. The van der Waals surface area contributed by atoms with Gasteiger partial charge in [-0.25, -0.2) is 0 Å². The highest BCUT2D eigenvalue weighted by atomic mass is 16.5. The summed E-state index contributed by atoms with van der Waals surface area (Å²) in [4.78, 5) is 12.7. The van der Waals surface area contributed by atoms with Crippen molar-refractivity contribution >= 4 is 5.78 Å². The molecule has 3 nitrogen and oxygen atoms in total.